The molecule has 0 aromatic carbocycles. The molecule has 0 saturated carbocycles. The van der Waals surface area contributed by atoms with Crippen LogP contribution in [0.15, 0.2) is 0 Å². The van der Waals surface area contributed by atoms with Crippen LogP contribution in [0.4, 0.5) is 11.9 Å². The van der Waals surface area contributed by atoms with Crippen LogP contribution in [0, 0.1) is 0 Å². The second-order valence-electron chi connectivity index (χ2n) is 4.21. The van der Waals surface area contributed by atoms with Crippen molar-refractivity contribution in [2.45, 2.75) is 26.3 Å². The number of halogens is 1. The summed E-state index contributed by atoms with van der Waals surface area (Å²) in [6, 6.07) is 0. The lowest BCUT2D eigenvalue weighted by atomic mass is 10.1. The third kappa shape index (κ3) is 3.85. The monoisotopic (exact) mass is 230 g/mol. The van der Waals surface area contributed by atoms with E-state index in [1.54, 1.807) is 7.05 Å². The molecule has 0 bridgehead atoms. The smallest absolute Gasteiger partial charge is 0.245 e. The molecule has 7 heteroatoms. The fraction of sp³-hybridized carbons (Fsp3) is 0.625. The number of nitrogens with one attached hydrogen (secondary N) is 1. The Balaban J connectivity index is 2.99. The number of anilines is 2. The molecule has 1 aromatic rings. The van der Waals surface area contributed by atoms with E-state index in [4.69, 9.17) is 17.4 Å². The maximum Gasteiger partial charge on any atom is 0.245 e. The summed E-state index contributed by atoms with van der Waals surface area (Å²) in [5, 5.41) is 4.48. The van der Waals surface area contributed by atoms with Crippen molar-refractivity contribution in [3.63, 3.8) is 0 Å². The Morgan fingerprint density at radius 2 is 1.87 bits per heavy atom. The molecular weight excluding hydrogens is 216 g/mol. The van der Waals surface area contributed by atoms with Crippen LogP contribution in [0.3, 0.4) is 0 Å². The van der Waals surface area contributed by atoms with Crippen molar-refractivity contribution in [3.8, 4) is 0 Å². The topological polar surface area (TPSA) is 80.0 Å². The first-order valence-corrected chi connectivity index (χ1v) is 4.84. The van der Waals surface area contributed by atoms with Gasteiger partial charge in [0, 0.05) is 12.6 Å². The highest BCUT2D eigenvalue weighted by Gasteiger charge is 2.13. The summed E-state index contributed by atoms with van der Waals surface area (Å²) < 4.78 is 0. The molecule has 0 unspecified atom stereocenters. The molecule has 6 nitrogen and oxygen atoms in total. The molecule has 0 atom stereocenters. The van der Waals surface area contributed by atoms with Gasteiger partial charge in [-0.1, -0.05) is 0 Å². The summed E-state index contributed by atoms with van der Waals surface area (Å²) in [6.07, 6.45) is 0. The largest absolute Gasteiger partial charge is 0.349 e. The van der Waals surface area contributed by atoms with Gasteiger partial charge in [-0.2, -0.15) is 15.0 Å². The standard InChI is InChI=1S/C8H15ClN6/c1-8(2,3)14-6-11-5(9)12-7(13-6)15(4)10/h10H2,1-4H3,(H,11,12,13,14). The quantitative estimate of drug-likeness (QED) is 0.584. The maximum absolute atomic E-state index is 5.74. The lowest BCUT2D eigenvalue weighted by Gasteiger charge is -2.21. The Labute approximate surface area is 93.8 Å². The van der Waals surface area contributed by atoms with Gasteiger partial charge < -0.3 is 5.32 Å². The van der Waals surface area contributed by atoms with Gasteiger partial charge in [-0.3, -0.25) is 5.01 Å². The first-order valence-electron chi connectivity index (χ1n) is 4.46. The lowest BCUT2D eigenvalue weighted by molar-refractivity contribution is 0.624. The first kappa shape index (κ1) is 11.9. The molecule has 3 N–H and O–H groups in total. The van der Waals surface area contributed by atoms with Crippen molar-refractivity contribution in [1.82, 2.24) is 15.0 Å². The van der Waals surface area contributed by atoms with E-state index in [0.717, 1.165) is 0 Å². The van der Waals surface area contributed by atoms with Crippen LogP contribution >= 0.6 is 11.6 Å². The van der Waals surface area contributed by atoms with Crippen molar-refractivity contribution >= 4 is 23.5 Å². The van der Waals surface area contributed by atoms with Gasteiger partial charge in [0.1, 0.15) is 0 Å². The number of nitrogens with two attached hydrogens (primary N) is 1. The number of hydrogen-bond acceptors (Lipinski definition) is 6. The van der Waals surface area contributed by atoms with Crippen LogP contribution < -0.4 is 16.2 Å². The minimum atomic E-state index is -0.144. The molecule has 0 aliphatic carbocycles. The van der Waals surface area contributed by atoms with Crippen molar-refractivity contribution in [2.75, 3.05) is 17.4 Å². The number of nitrogens with zero attached hydrogens (tertiary/aromatic N) is 4. The van der Waals surface area contributed by atoms with Gasteiger partial charge in [-0.15, -0.1) is 0 Å². The van der Waals surface area contributed by atoms with Gasteiger partial charge >= 0.3 is 0 Å². The molecule has 0 spiro atoms. The van der Waals surface area contributed by atoms with E-state index >= 15 is 0 Å². The van der Waals surface area contributed by atoms with Crippen LogP contribution in [0.1, 0.15) is 20.8 Å². The Morgan fingerprint density at radius 1 is 1.27 bits per heavy atom. The molecule has 84 valence electrons. The van der Waals surface area contributed by atoms with Crippen molar-refractivity contribution in [3.05, 3.63) is 5.28 Å². The summed E-state index contributed by atoms with van der Waals surface area (Å²) in [5.41, 5.74) is -0.144. The van der Waals surface area contributed by atoms with Crippen LogP contribution in [0.25, 0.3) is 0 Å². The molecule has 0 amide bonds. The Kier molecular flexibility index (Phi) is 3.31. The summed E-state index contributed by atoms with van der Waals surface area (Å²) >= 11 is 5.74. The molecule has 0 aliphatic heterocycles. The normalized spacial score (nSPS) is 11.3. The summed E-state index contributed by atoms with van der Waals surface area (Å²) in [4.78, 5) is 11.9. The van der Waals surface area contributed by atoms with E-state index < -0.39 is 0 Å². The maximum atomic E-state index is 5.74. The third-order valence-electron chi connectivity index (χ3n) is 1.40. The predicted octanol–water partition coefficient (Wildman–Crippen LogP) is 1.05. The number of hydrogen-bond donors (Lipinski definition) is 2. The third-order valence-corrected chi connectivity index (χ3v) is 1.57. The minimum absolute atomic E-state index is 0.115. The van der Waals surface area contributed by atoms with E-state index in [-0.39, 0.29) is 10.8 Å². The molecule has 1 heterocycles. The van der Waals surface area contributed by atoms with Gasteiger partial charge in [-0.05, 0) is 32.4 Å². The zero-order valence-electron chi connectivity index (χ0n) is 9.24. The zero-order chi connectivity index (χ0) is 11.6. The van der Waals surface area contributed by atoms with E-state index in [1.807, 2.05) is 20.8 Å². The highest BCUT2D eigenvalue weighted by molar-refractivity contribution is 6.28. The van der Waals surface area contributed by atoms with E-state index in [1.165, 1.54) is 5.01 Å². The zero-order valence-corrected chi connectivity index (χ0v) is 10.0. The minimum Gasteiger partial charge on any atom is -0.349 e. The van der Waals surface area contributed by atoms with E-state index in [9.17, 15) is 0 Å². The van der Waals surface area contributed by atoms with Gasteiger partial charge in [0.25, 0.3) is 0 Å². The molecule has 1 aromatic heterocycles. The van der Waals surface area contributed by atoms with Crippen molar-refractivity contribution in [1.29, 1.82) is 0 Å². The molecular formula is C8H15ClN6. The SMILES string of the molecule is CN(N)c1nc(Cl)nc(NC(C)(C)C)n1. The van der Waals surface area contributed by atoms with Crippen LogP contribution in [0.2, 0.25) is 5.28 Å². The molecule has 0 saturated heterocycles. The van der Waals surface area contributed by atoms with Gasteiger partial charge in [-0.25, -0.2) is 5.84 Å². The first-order chi connectivity index (χ1) is 6.78. The second kappa shape index (κ2) is 4.16. The second-order valence-corrected chi connectivity index (χ2v) is 4.55. The van der Waals surface area contributed by atoms with Crippen LogP contribution in [-0.4, -0.2) is 27.5 Å². The van der Waals surface area contributed by atoms with Crippen LogP contribution in [0.5, 0.6) is 0 Å². The average Bonchev–Trinajstić information content (AvgIpc) is 1.99. The van der Waals surface area contributed by atoms with Gasteiger partial charge in [0.2, 0.25) is 17.2 Å². The highest BCUT2D eigenvalue weighted by atomic mass is 35.5. The van der Waals surface area contributed by atoms with Crippen molar-refractivity contribution < 1.29 is 0 Å². The molecule has 0 radical (unpaired) electrons. The van der Waals surface area contributed by atoms with Gasteiger partial charge in [0.05, 0.1) is 0 Å². The van der Waals surface area contributed by atoms with E-state index in [0.29, 0.717) is 11.9 Å². The van der Waals surface area contributed by atoms with E-state index in [2.05, 4.69) is 20.3 Å². The fourth-order valence-corrected chi connectivity index (χ4v) is 1.04. The molecule has 0 fully saturated rings. The summed E-state index contributed by atoms with van der Waals surface area (Å²) in [7, 11) is 1.63. The molecule has 0 aliphatic rings. The average molecular weight is 231 g/mol. The Bertz CT molecular complexity index is 345. The Hall–Kier alpha value is -1.14. The number of hydrazine groups is 1. The summed E-state index contributed by atoms with van der Waals surface area (Å²) in [5.74, 6) is 6.24. The van der Waals surface area contributed by atoms with Gasteiger partial charge in [0.15, 0.2) is 0 Å². The fourth-order valence-electron chi connectivity index (χ4n) is 0.889. The number of rotatable bonds is 2. The lowest BCUT2D eigenvalue weighted by Crippen LogP contribution is -2.30. The molecule has 1 rings (SSSR count). The molecule has 15 heavy (non-hydrogen) atoms. The van der Waals surface area contributed by atoms with Crippen LogP contribution in [-0.2, 0) is 0 Å². The Morgan fingerprint density at radius 3 is 2.33 bits per heavy atom. The predicted molar refractivity (Wildman–Crippen MR) is 60.8 cm³/mol. The highest BCUT2D eigenvalue weighted by Crippen LogP contribution is 2.14. The summed E-state index contributed by atoms with van der Waals surface area (Å²) in [6.45, 7) is 5.99. The van der Waals surface area contributed by atoms with Crippen molar-refractivity contribution in [2.24, 2.45) is 5.84 Å². The number of aromatic nitrogens is 3.